The number of carboxylic acid groups (broad SMARTS) is 1. The zero-order chi connectivity index (χ0) is 8.53. The Bertz CT molecular complexity index is 98.7. The topological polar surface area (TPSA) is 49.5 Å². The fourth-order valence-electron chi connectivity index (χ4n) is 0.652. The van der Waals surface area contributed by atoms with Gasteiger partial charge in [-0.05, 0) is 13.0 Å². The molecule has 1 N–H and O–H groups in total. The second-order valence-electron chi connectivity index (χ2n) is 2.13. The predicted octanol–water partition coefficient (Wildman–Crippen LogP) is -2.79. The van der Waals surface area contributed by atoms with Gasteiger partial charge in [-0.2, -0.15) is 0 Å². The van der Waals surface area contributed by atoms with Crippen LogP contribution in [0.4, 0.5) is 0 Å². The van der Waals surface area contributed by atoms with Gasteiger partial charge in [0.2, 0.25) is 0 Å². The first-order valence-corrected chi connectivity index (χ1v) is 3.49. The molecule has 0 radical (unpaired) electrons. The Hall–Kier alpha value is -0.0126. The molecule has 0 aromatic rings. The molecule has 4 nitrogen and oxygen atoms in total. The Morgan fingerprint density at radius 3 is 2.58 bits per heavy atom. The number of ether oxygens (including phenoxy) is 1. The van der Waals surface area contributed by atoms with Gasteiger partial charge in [-0.25, -0.2) is 0 Å². The van der Waals surface area contributed by atoms with Gasteiger partial charge in [0, 0.05) is 13.7 Å². The van der Waals surface area contributed by atoms with Crippen molar-refractivity contribution in [3.63, 3.8) is 0 Å². The molecule has 12 heavy (non-hydrogen) atoms. The Kier molecular flexibility index (Phi) is 13.3. The molecule has 0 saturated carbocycles. The predicted molar refractivity (Wildman–Crippen MR) is 41.1 cm³/mol. The summed E-state index contributed by atoms with van der Waals surface area (Å²) in [7, 11) is 1.74. The van der Waals surface area contributed by atoms with Gasteiger partial charge in [0.1, 0.15) is 0 Å². The molecule has 1 atom stereocenters. The van der Waals surface area contributed by atoms with Crippen LogP contribution in [0.5, 0.6) is 0 Å². The molecular weight excluding hydrogens is 153 g/mol. The van der Waals surface area contributed by atoms with Crippen LogP contribution in [-0.2, 0) is 9.53 Å². The zero-order valence-corrected chi connectivity index (χ0v) is 7.69. The summed E-state index contributed by atoms with van der Waals surface area (Å²) in [5, 5.41) is 6.89. The van der Waals surface area contributed by atoms with Crippen LogP contribution in [0.15, 0.2) is 0 Å². The summed E-state index contributed by atoms with van der Waals surface area (Å²) in [5.74, 6) is 0. The van der Waals surface area contributed by atoms with Crippen LogP contribution >= 0.6 is 0 Å². The molecule has 1 rings (SSSR count). The monoisotopic (exact) mass is 167 g/mol. The first-order chi connectivity index (χ1) is 5.35. The van der Waals surface area contributed by atoms with E-state index in [1.807, 2.05) is 0 Å². The molecule has 1 aliphatic rings. The fourth-order valence-corrected chi connectivity index (χ4v) is 0.652. The minimum Gasteiger partial charge on any atom is -0.483 e. The molecule has 5 heteroatoms. The van der Waals surface area contributed by atoms with Crippen molar-refractivity contribution in [3.05, 3.63) is 6.54 Å². The molecule has 1 unspecified atom stereocenters. The molecule has 1 saturated heterocycles. The fraction of sp³-hybridized carbons (Fsp3) is 0.714. The molecule has 0 amide bonds. The van der Waals surface area contributed by atoms with Gasteiger partial charge in [0.05, 0.1) is 0 Å². The average Bonchev–Trinajstić information content (AvgIpc) is 2.74. The van der Waals surface area contributed by atoms with E-state index in [0.29, 0.717) is 0 Å². The molecule has 1 aliphatic heterocycles. The Labute approximate surface area is 85.1 Å². The van der Waals surface area contributed by atoms with Crippen molar-refractivity contribution < 1.29 is 33.5 Å². The molecule has 0 bridgehead atoms. The molecule has 1 heterocycles. The van der Waals surface area contributed by atoms with Crippen LogP contribution in [0.2, 0.25) is 0 Å². The maximum atomic E-state index is 8.36. The van der Waals surface area contributed by atoms with Gasteiger partial charge in [-0.3, -0.25) is 11.3 Å². The van der Waals surface area contributed by atoms with Gasteiger partial charge in [-0.15, -0.1) is 6.54 Å². The summed E-state index contributed by atoms with van der Waals surface area (Å²) in [4.78, 5) is 10.6. The summed E-state index contributed by atoms with van der Waals surface area (Å²) < 4.78 is 4.88. The normalized spacial score (nSPS) is 18.2. The van der Waals surface area contributed by atoms with E-state index in [4.69, 9.17) is 14.6 Å². The number of methoxy groups -OCH3 is 1. The molecule has 0 aromatic heterocycles. The SMILES string of the molecule is COCCCN1[CH-]C1.O=CO.[Li+]. The second-order valence-corrected chi connectivity index (χ2v) is 2.13. The van der Waals surface area contributed by atoms with Gasteiger partial charge < -0.3 is 14.7 Å². The van der Waals surface area contributed by atoms with Crippen molar-refractivity contribution in [2.75, 3.05) is 26.8 Å². The van der Waals surface area contributed by atoms with Crippen molar-refractivity contribution in [1.82, 2.24) is 4.90 Å². The zero-order valence-electron chi connectivity index (χ0n) is 7.69. The van der Waals surface area contributed by atoms with E-state index in [1.165, 1.54) is 13.1 Å². The van der Waals surface area contributed by atoms with E-state index in [-0.39, 0.29) is 25.3 Å². The second kappa shape index (κ2) is 11.0. The molecule has 0 aromatic carbocycles. The third-order valence-electron chi connectivity index (χ3n) is 1.23. The average molecular weight is 167 g/mol. The summed E-state index contributed by atoms with van der Waals surface area (Å²) in [6.45, 7) is 5.19. The van der Waals surface area contributed by atoms with Crippen molar-refractivity contribution in [3.8, 4) is 0 Å². The summed E-state index contributed by atoms with van der Waals surface area (Å²) in [5.41, 5.74) is 0. The van der Waals surface area contributed by atoms with E-state index < -0.39 is 0 Å². The molecular formula is C7H14LiNO3. The number of rotatable bonds is 4. The van der Waals surface area contributed by atoms with Gasteiger partial charge in [0.25, 0.3) is 6.47 Å². The largest absolute Gasteiger partial charge is 1.00 e. The van der Waals surface area contributed by atoms with Crippen LogP contribution < -0.4 is 18.9 Å². The molecule has 1 fully saturated rings. The molecule has 0 aliphatic carbocycles. The van der Waals surface area contributed by atoms with Crippen LogP contribution in [0.3, 0.4) is 0 Å². The number of carbonyl (C=O) groups is 1. The quantitative estimate of drug-likeness (QED) is 0.162. The van der Waals surface area contributed by atoms with Crippen LogP contribution in [0.25, 0.3) is 0 Å². The molecule has 66 valence electrons. The van der Waals surface area contributed by atoms with Crippen molar-refractivity contribution in [1.29, 1.82) is 0 Å². The maximum Gasteiger partial charge on any atom is 1.00 e. The summed E-state index contributed by atoms with van der Waals surface area (Å²) in [6, 6.07) is 0. The van der Waals surface area contributed by atoms with Crippen molar-refractivity contribution in [2.45, 2.75) is 6.42 Å². The first-order valence-electron chi connectivity index (χ1n) is 3.49. The minimum atomic E-state index is -0.250. The third kappa shape index (κ3) is 12.6. The standard InChI is InChI=1S/C6H12NO.CH2O2.Li/c1-8-6-2-3-7-4-5-7;2-1-3;/h4H,2-3,5-6H2,1H3;1H,(H,2,3);/q-1;;+1. The Morgan fingerprint density at radius 1 is 1.75 bits per heavy atom. The van der Waals surface area contributed by atoms with E-state index in [1.54, 1.807) is 7.11 Å². The van der Waals surface area contributed by atoms with Gasteiger partial charge in [0.15, 0.2) is 0 Å². The van der Waals surface area contributed by atoms with Crippen LogP contribution in [0, 0.1) is 6.54 Å². The van der Waals surface area contributed by atoms with E-state index in [2.05, 4.69) is 11.4 Å². The van der Waals surface area contributed by atoms with Crippen molar-refractivity contribution >= 4 is 6.47 Å². The molecule has 0 spiro atoms. The summed E-state index contributed by atoms with van der Waals surface area (Å²) in [6.07, 6.45) is 1.16. The Balaban J connectivity index is 0. The maximum absolute atomic E-state index is 8.36. The van der Waals surface area contributed by atoms with Gasteiger partial charge >= 0.3 is 18.9 Å². The first kappa shape index (κ1) is 14.5. The Morgan fingerprint density at radius 2 is 2.25 bits per heavy atom. The van der Waals surface area contributed by atoms with E-state index in [9.17, 15) is 0 Å². The third-order valence-corrected chi connectivity index (χ3v) is 1.23. The van der Waals surface area contributed by atoms with E-state index >= 15 is 0 Å². The smallest absolute Gasteiger partial charge is 0.483 e. The van der Waals surface area contributed by atoms with Crippen molar-refractivity contribution in [2.24, 2.45) is 0 Å². The summed E-state index contributed by atoms with van der Waals surface area (Å²) >= 11 is 0. The van der Waals surface area contributed by atoms with E-state index in [0.717, 1.165) is 13.0 Å². The number of hydrogen-bond donors (Lipinski definition) is 1. The van der Waals surface area contributed by atoms with Gasteiger partial charge in [-0.1, -0.05) is 0 Å². The van der Waals surface area contributed by atoms with Crippen LogP contribution in [0.1, 0.15) is 6.42 Å². The number of nitrogens with zero attached hydrogens (tertiary/aromatic N) is 1. The van der Waals surface area contributed by atoms with Crippen LogP contribution in [-0.4, -0.2) is 43.3 Å². The number of hydrogen-bond acceptors (Lipinski definition) is 3. The minimum absolute atomic E-state index is 0.